The first-order valence-corrected chi connectivity index (χ1v) is 11.6. The molecule has 0 bridgehead atoms. The van der Waals surface area contributed by atoms with Crippen LogP contribution in [0.1, 0.15) is 21.7 Å². The van der Waals surface area contributed by atoms with Crippen LogP contribution in [0.4, 0.5) is 9.52 Å². The average molecular weight is 470 g/mol. The van der Waals surface area contributed by atoms with Crippen molar-refractivity contribution in [2.24, 2.45) is 0 Å². The van der Waals surface area contributed by atoms with Crippen molar-refractivity contribution in [3.63, 3.8) is 0 Å². The molecule has 8 nitrogen and oxygen atoms in total. The van der Waals surface area contributed by atoms with Gasteiger partial charge < -0.3 is 19.7 Å². The summed E-state index contributed by atoms with van der Waals surface area (Å²) >= 11 is 1.40. The molecule has 2 aromatic carbocycles. The zero-order valence-electron chi connectivity index (χ0n) is 18.0. The second-order valence-corrected chi connectivity index (χ2v) is 8.68. The van der Waals surface area contributed by atoms with E-state index in [0.29, 0.717) is 30.0 Å². The van der Waals surface area contributed by atoms with Gasteiger partial charge in [-0.05, 0) is 35.9 Å². The number of hydrogen-bond donors (Lipinski definition) is 1. The van der Waals surface area contributed by atoms with E-state index in [2.05, 4.69) is 24.5 Å². The Bertz CT molecular complexity index is 1120. The quantitative estimate of drug-likeness (QED) is 0.570. The molecule has 1 amide bonds. The van der Waals surface area contributed by atoms with E-state index in [1.54, 1.807) is 30.3 Å². The molecule has 10 heteroatoms. The molecule has 1 N–H and O–H groups in total. The molecule has 0 saturated carbocycles. The minimum Gasteiger partial charge on any atom is -0.454 e. The van der Waals surface area contributed by atoms with E-state index < -0.39 is 0 Å². The van der Waals surface area contributed by atoms with Crippen LogP contribution in [-0.2, 0) is 6.42 Å². The molecule has 1 fully saturated rings. The molecular formula is C23H24FN5O3S. The lowest BCUT2D eigenvalue weighted by molar-refractivity contribution is 0.0947. The summed E-state index contributed by atoms with van der Waals surface area (Å²) in [7, 11) is 0. The predicted molar refractivity (Wildman–Crippen MR) is 123 cm³/mol. The zero-order chi connectivity index (χ0) is 22.6. The summed E-state index contributed by atoms with van der Waals surface area (Å²) in [6, 6.07) is 11.7. The lowest BCUT2D eigenvalue weighted by atomic mass is 10.1. The molecule has 172 valence electrons. The van der Waals surface area contributed by atoms with Gasteiger partial charge in [0.05, 0.1) is 0 Å². The molecule has 3 heterocycles. The number of fused-ring (bicyclic) bond motifs is 1. The van der Waals surface area contributed by atoms with Crippen LogP contribution in [0.25, 0.3) is 0 Å². The van der Waals surface area contributed by atoms with Gasteiger partial charge >= 0.3 is 0 Å². The van der Waals surface area contributed by atoms with Crippen LogP contribution in [0.3, 0.4) is 0 Å². The normalized spacial score (nSPS) is 15.6. The van der Waals surface area contributed by atoms with Crippen molar-refractivity contribution in [1.82, 2.24) is 19.6 Å². The number of hydrogen-bond acceptors (Lipinski definition) is 8. The molecule has 5 rings (SSSR count). The predicted octanol–water partition coefficient (Wildman–Crippen LogP) is 2.55. The highest BCUT2D eigenvalue weighted by Gasteiger charge is 2.21. The Morgan fingerprint density at radius 3 is 2.67 bits per heavy atom. The third-order valence-corrected chi connectivity index (χ3v) is 6.54. The van der Waals surface area contributed by atoms with E-state index in [1.807, 2.05) is 0 Å². The fourth-order valence-electron chi connectivity index (χ4n) is 3.86. The largest absolute Gasteiger partial charge is 0.454 e. The number of carbonyl (C=O) groups is 1. The molecule has 2 aliphatic heterocycles. The van der Waals surface area contributed by atoms with Crippen LogP contribution in [0.5, 0.6) is 11.5 Å². The highest BCUT2D eigenvalue weighted by molar-refractivity contribution is 7.09. The molecule has 3 aromatic rings. The highest BCUT2D eigenvalue weighted by Crippen LogP contribution is 2.32. The van der Waals surface area contributed by atoms with Crippen molar-refractivity contribution in [2.45, 2.75) is 6.42 Å². The fourth-order valence-corrected chi connectivity index (χ4v) is 4.60. The van der Waals surface area contributed by atoms with Gasteiger partial charge in [0.2, 0.25) is 11.9 Å². The molecule has 1 aromatic heterocycles. The average Bonchev–Trinajstić information content (AvgIpc) is 3.50. The smallest absolute Gasteiger partial charge is 0.251 e. The number of ether oxygens (including phenoxy) is 2. The molecule has 0 aliphatic carbocycles. The van der Waals surface area contributed by atoms with Gasteiger partial charge in [-0.15, -0.1) is 0 Å². The zero-order valence-corrected chi connectivity index (χ0v) is 18.8. The van der Waals surface area contributed by atoms with E-state index in [1.165, 1.54) is 23.7 Å². The number of halogens is 1. The van der Waals surface area contributed by atoms with Gasteiger partial charge in [0.25, 0.3) is 5.91 Å². The van der Waals surface area contributed by atoms with E-state index in [0.717, 1.165) is 49.2 Å². The summed E-state index contributed by atoms with van der Waals surface area (Å²) in [4.78, 5) is 21.6. The van der Waals surface area contributed by atoms with Gasteiger partial charge in [-0.1, -0.05) is 12.1 Å². The summed E-state index contributed by atoms with van der Waals surface area (Å²) in [6.07, 6.45) is 0.597. The fraction of sp³-hybridized carbons (Fsp3) is 0.348. The minimum atomic E-state index is -0.240. The number of carbonyl (C=O) groups excluding carboxylic acids is 1. The first-order valence-electron chi connectivity index (χ1n) is 10.9. The number of nitrogens with zero attached hydrogens (tertiary/aromatic N) is 4. The Kier molecular flexibility index (Phi) is 6.36. The number of rotatable bonds is 7. The molecule has 1 saturated heterocycles. The van der Waals surface area contributed by atoms with Crippen molar-refractivity contribution in [1.29, 1.82) is 0 Å². The van der Waals surface area contributed by atoms with Crippen LogP contribution in [0.15, 0.2) is 42.5 Å². The summed E-state index contributed by atoms with van der Waals surface area (Å²) < 4.78 is 28.2. The molecule has 0 radical (unpaired) electrons. The SMILES string of the molecule is O=C(NCCN1CCN(c2nc(Cc3ccc(F)cc3)ns2)CC1)c1ccc2c(c1)OCO2. The first-order chi connectivity index (χ1) is 16.1. The Morgan fingerprint density at radius 2 is 1.85 bits per heavy atom. The lowest BCUT2D eigenvalue weighted by Gasteiger charge is -2.34. The first kappa shape index (κ1) is 21.6. The van der Waals surface area contributed by atoms with Gasteiger partial charge in [-0.25, -0.2) is 9.37 Å². The van der Waals surface area contributed by atoms with Crippen molar-refractivity contribution in [3.05, 3.63) is 65.2 Å². The number of aromatic nitrogens is 2. The summed E-state index contributed by atoms with van der Waals surface area (Å²) in [5.74, 6) is 1.68. The second kappa shape index (κ2) is 9.72. The molecule has 2 aliphatic rings. The van der Waals surface area contributed by atoms with Crippen LogP contribution in [-0.4, -0.2) is 66.2 Å². The van der Waals surface area contributed by atoms with Crippen LogP contribution in [0, 0.1) is 5.82 Å². The number of amides is 1. The van der Waals surface area contributed by atoms with Gasteiger partial charge in [0.1, 0.15) is 11.6 Å². The molecular weight excluding hydrogens is 445 g/mol. The maximum Gasteiger partial charge on any atom is 0.251 e. The van der Waals surface area contributed by atoms with Gasteiger partial charge in [0.15, 0.2) is 11.5 Å². The van der Waals surface area contributed by atoms with E-state index in [-0.39, 0.29) is 18.5 Å². The van der Waals surface area contributed by atoms with Crippen molar-refractivity contribution >= 4 is 22.6 Å². The Labute approximate surface area is 195 Å². The Hall–Kier alpha value is -3.24. The Morgan fingerprint density at radius 1 is 1.06 bits per heavy atom. The minimum absolute atomic E-state index is 0.116. The number of nitrogens with one attached hydrogen (secondary N) is 1. The lowest BCUT2D eigenvalue weighted by Crippen LogP contribution is -2.48. The van der Waals surface area contributed by atoms with Crippen LogP contribution >= 0.6 is 11.5 Å². The maximum absolute atomic E-state index is 13.1. The van der Waals surface area contributed by atoms with E-state index >= 15 is 0 Å². The van der Waals surface area contributed by atoms with Gasteiger partial charge in [-0.3, -0.25) is 9.69 Å². The van der Waals surface area contributed by atoms with Crippen LogP contribution in [0.2, 0.25) is 0 Å². The number of benzene rings is 2. The standard InChI is InChI=1S/C23H24FN5O3S/c24-18-4-1-16(2-5-18)13-21-26-23(33-27-21)29-11-9-28(10-12-29)8-7-25-22(30)17-3-6-19-20(14-17)32-15-31-19/h1-6,14H,7-13,15H2,(H,25,30). The Balaban J connectivity index is 1.05. The summed E-state index contributed by atoms with van der Waals surface area (Å²) in [6.45, 7) is 5.07. The van der Waals surface area contributed by atoms with E-state index in [4.69, 9.17) is 9.47 Å². The molecule has 0 spiro atoms. The third kappa shape index (κ3) is 5.23. The monoisotopic (exact) mass is 469 g/mol. The van der Waals surface area contributed by atoms with Crippen molar-refractivity contribution < 1.29 is 18.7 Å². The topological polar surface area (TPSA) is 79.8 Å². The summed E-state index contributed by atoms with van der Waals surface area (Å²) in [5.41, 5.74) is 1.56. The number of anilines is 1. The number of piperazine rings is 1. The molecule has 0 unspecified atom stereocenters. The summed E-state index contributed by atoms with van der Waals surface area (Å²) in [5, 5.41) is 3.90. The molecule has 33 heavy (non-hydrogen) atoms. The maximum atomic E-state index is 13.1. The van der Waals surface area contributed by atoms with Gasteiger partial charge in [-0.2, -0.15) is 4.37 Å². The molecule has 0 atom stereocenters. The van der Waals surface area contributed by atoms with Gasteiger partial charge in [0, 0.05) is 62.8 Å². The van der Waals surface area contributed by atoms with Crippen LogP contribution < -0.4 is 19.7 Å². The highest BCUT2D eigenvalue weighted by atomic mass is 32.1. The van der Waals surface area contributed by atoms with E-state index in [9.17, 15) is 9.18 Å². The second-order valence-electron chi connectivity index (χ2n) is 7.95. The van der Waals surface area contributed by atoms with Crippen molar-refractivity contribution in [2.75, 3.05) is 51.0 Å². The third-order valence-electron chi connectivity index (χ3n) is 5.72. The van der Waals surface area contributed by atoms with Crippen molar-refractivity contribution in [3.8, 4) is 11.5 Å².